The Labute approximate surface area is 117 Å². The highest BCUT2D eigenvalue weighted by Gasteiger charge is 2.23. The predicted octanol–water partition coefficient (Wildman–Crippen LogP) is 2.54. The van der Waals surface area contributed by atoms with Gasteiger partial charge in [-0.3, -0.25) is 4.31 Å². The van der Waals surface area contributed by atoms with Crippen LogP contribution in [0.25, 0.3) is 0 Å². The van der Waals surface area contributed by atoms with Crippen molar-refractivity contribution in [2.75, 3.05) is 17.1 Å². The lowest BCUT2D eigenvalue weighted by molar-refractivity contribution is 0.593. The summed E-state index contributed by atoms with van der Waals surface area (Å²) >= 11 is 0. The second-order valence-corrected chi connectivity index (χ2v) is 6.41. The standard InChI is InChI=1S/C14H15FN2O2S/c1-10-9-12(16)5-8-14(10)20(18,19)17(2)13-6-3-11(15)4-7-13/h3-9H,16H2,1-2H3. The van der Waals surface area contributed by atoms with E-state index in [4.69, 9.17) is 5.73 Å². The monoisotopic (exact) mass is 294 g/mol. The van der Waals surface area contributed by atoms with E-state index in [1.54, 1.807) is 19.1 Å². The normalized spacial score (nSPS) is 11.3. The fraction of sp³-hybridized carbons (Fsp3) is 0.143. The van der Waals surface area contributed by atoms with Crippen LogP contribution in [0, 0.1) is 12.7 Å². The molecule has 0 radical (unpaired) electrons. The molecule has 0 heterocycles. The highest BCUT2D eigenvalue weighted by atomic mass is 32.2. The molecule has 2 aromatic rings. The fourth-order valence-electron chi connectivity index (χ4n) is 1.90. The van der Waals surface area contributed by atoms with E-state index in [1.807, 2.05) is 0 Å². The predicted molar refractivity (Wildman–Crippen MR) is 77.6 cm³/mol. The Morgan fingerprint density at radius 2 is 1.70 bits per heavy atom. The topological polar surface area (TPSA) is 63.4 Å². The van der Waals surface area contributed by atoms with Crippen molar-refractivity contribution in [3.8, 4) is 0 Å². The average Bonchev–Trinajstić information content (AvgIpc) is 2.38. The zero-order chi connectivity index (χ0) is 14.9. The first kappa shape index (κ1) is 14.3. The molecule has 106 valence electrons. The van der Waals surface area contributed by atoms with Gasteiger partial charge in [0.2, 0.25) is 0 Å². The number of nitrogens with zero attached hydrogens (tertiary/aromatic N) is 1. The number of sulfonamides is 1. The second-order valence-electron chi connectivity index (χ2n) is 4.47. The van der Waals surface area contributed by atoms with Gasteiger partial charge in [-0.15, -0.1) is 0 Å². The minimum atomic E-state index is -3.70. The Morgan fingerprint density at radius 3 is 2.25 bits per heavy atom. The van der Waals surface area contributed by atoms with Gasteiger partial charge < -0.3 is 5.73 Å². The first-order valence-electron chi connectivity index (χ1n) is 5.93. The van der Waals surface area contributed by atoms with E-state index < -0.39 is 15.8 Å². The van der Waals surface area contributed by atoms with Crippen molar-refractivity contribution in [2.24, 2.45) is 0 Å². The second kappa shape index (κ2) is 5.13. The Bertz CT molecular complexity index is 727. The van der Waals surface area contributed by atoms with Crippen molar-refractivity contribution in [3.05, 3.63) is 53.8 Å². The SMILES string of the molecule is Cc1cc(N)ccc1S(=O)(=O)N(C)c1ccc(F)cc1. The number of hydrogen-bond donors (Lipinski definition) is 1. The van der Waals surface area contributed by atoms with Gasteiger partial charge in [-0.1, -0.05) is 0 Å². The molecule has 0 aliphatic rings. The molecule has 4 nitrogen and oxygen atoms in total. The summed E-state index contributed by atoms with van der Waals surface area (Å²) in [5.74, 6) is -0.414. The molecule has 0 amide bonds. The Kier molecular flexibility index (Phi) is 3.67. The molecule has 0 bridgehead atoms. The van der Waals surface area contributed by atoms with Crippen LogP contribution in [-0.2, 0) is 10.0 Å². The number of hydrogen-bond acceptors (Lipinski definition) is 3. The molecule has 0 atom stereocenters. The van der Waals surface area contributed by atoms with Crippen LogP contribution in [0.5, 0.6) is 0 Å². The van der Waals surface area contributed by atoms with Gasteiger partial charge in [-0.05, 0) is 55.0 Å². The molecule has 2 aromatic carbocycles. The van der Waals surface area contributed by atoms with Gasteiger partial charge in [0.1, 0.15) is 5.82 Å². The van der Waals surface area contributed by atoms with E-state index in [-0.39, 0.29) is 4.90 Å². The molecule has 0 saturated carbocycles. The molecule has 0 saturated heterocycles. The summed E-state index contributed by atoms with van der Waals surface area (Å²) in [6.45, 7) is 1.68. The maximum absolute atomic E-state index is 12.9. The van der Waals surface area contributed by atoms with E-state index in [9.17, 15) is 12.8 Å². The van der Waals surface area contributed by atoms with Crippen LogP contribution in [-0.4, -0.2) is 15.5 Å². The van der Waals surface area contributed by atoms with Crippen molar-refractivity contribution < 1.29 is 12.8 Å². The van der Waals surface area contributed by atoms with Crippen LogP contribution in [0.2, 0.25) is 0 Å². The molecular formula is C14H15FN2O2S. The molecule has 0 aliphatic carbocycles. The van der Waals surface area contributed by atoms with Gasteiger partial charge in [-0.2, -0.15) is 0 Å². The number of benzene rings is 2. The van der Waals surface area contributed by atoms with Crippen LogP contribution in [0.15, 0.2) is 47.4 Å². The quantitative estimate of drug-likeness (QED) is 0.885. The summed E-state index contributed by atoms with van der Waals surface area (Å²) in [5, 5.41) is 0. The van der Waals surface area contributed by atoms with Crippen molar-refractivity contribution in [3.63, 3.8) is 0 Å². The van der Waals surface area contributed by atoms with Crippen LogP contribution < -0.4 is 10.0 Å². The van der Waals surface area contributed by atoms with E-state index in [1.165, 1.54) is 37.4 Å². The maximum atomic E-state index is 12.9. The molecule has 2 rings (SSSR count). The minimum absolute atomic E-state index is 0.179. The summed E-state index contributed by atoms with van der Waals surface area (Å²) in [4.78, 5) is 0.179. The number of halogens is 1. The summed E-state index contributed by atoms with van der Waals surface area (Å²) in [7, 11) is -2.27. The van der Waals surface area contributed by atoms with Crippen molar-refractivity contribution >= 4 is 21.4 Å². The molecule has 0 aromatic heterocycles. The van der Waals surface area contributed by atoms with Crippen molar-refractivity contribution in [1.29, 1.82) is 0 Å². The summed E-state index contributed by atoms with van der Waals surface area (Å²) in [5.41, 5.74) is 7.09. The lowest BCUT2D eigenvalue weighted by atomic mass is 10.2. The summed E-state index contributed by atoms with van der Waals surface area (Å²) in [6.07, 6.45) is 0. The van der Waals surface area contributed by atoms with Crippen molar-refractivity contribution in [1.82, 2.24) is 0 Å². The van der Waals surface area contributed by atoms with Gasteiger partial charge in [0.25, 0.3) is 10.0 Å². The average molecular weight is 294 g/mol. The van der Waals surface area contributed by atoms with Gasteiger partial charge in [-0.25, -0.2) is 12.8 Å². The Hall–Kier alpha value is -2.08. The molecular weight excluding hydrogens is 279 g/mol. The number of rotatable bonds is 3. The molecule has 20 heavy (non-hydrogen) atoms. The Morgan fingerprint density at radius 1 is 1.10 bits per heavy atom. The zero-order valence-corrected chi connectivity index (χ0v) is 12.0. The smallest absolute Gasteiger partial charge is 0.264 e. The van der Waals surface area contributed by atoms with E-state index in [0.717, 1.165) is 4.31 Å². The van der Waals surface area contributed by atoms with Gasteiger partial charge in [0, 0.05) is 12.7 Å². The molecule has 6 heteroatoms. The van der Waals surface area contributed by atoms with Gasteiger partial charge in [0.15, 0.2) is 0 Å². The number of nitrogens with two attached hydrogens (primary N) is 1. The first-order chi connectivity index (χ1) is 9.32. The molecule has 2 N–H and O–H groups in total. The molecule has 0 spiro atoms. The highest BCUT2D eigenvalue weighted by Crippen LogP contribution is 2.25. The largest absolute Gasteiger partial charge is 0.399 e. The fourth-order valence-corrected chi connectivity index (χ4v) is 3.30. The van der Waals surface area contributed by atoms with Crippen LogP contribution in [0.3, 0.4) is 0 Å². The van der Waals surface area contributed by atoms with Gasteiger partial charge in [0.05, 0.1) is 10.6 Å². The molecule has 0 fully saturated rings. The van der Waals surface area contributed by atoms with Crippen molar-refractivity contribution in [2.45, 2.75) is 11.8 Å². The third kappa shape index (κ3) is 2.60. The molecule has 0 aliphatic heterocycles. The Balaban J connectivity index is 2.46. The third-order valence-electron chi connectivity index (χ3n) is 3.03. The number of nitrogen functional groups attached to an aromatic ring is 1. The number of anilines is 2. The highest BCUT2D eigenvalue weighted by molar-refractivity contribution is 7.92. The van der Waals surface area contributed by atoms with Crippen LogP contribution >= 0.6 is 0 Å². The van der Waals surface area contributed by atoms with Crippen LogP contribution in [0.4, 0.5) is 15.8 Å². The van der Waals surface area contributed by atoms with E-state index in [2.05, 4.69) is 0 Å². The summed E-state index contributed by atoms with van der Waals surface area (Å²) in [6, 6.07) is 9.89. The van der Waals surface area contributed by atoms with Crippen LogP contribution in [0.1, 0.15) is 5.56 Å². The van der Waals surface area contributed by atoms with E-state index >= 15 is 0 Å². The lowest BCUT2D eigenvalue weighted by Gasteiger charge is -2.20. The third-order valence-corrected chi connectivity index (χ3v) is 4.97. The molecule has 0 unspecified atom stereocenters. The first-order valence-corrected chi connectivity index (χ1v) is 7.37. The van der Waals surface area contributed by atoms with Gasteiger partial charge >= 0.3 is 0 Å². The summed E-state index contributed by atoms with van der Waals surface area (Å²) < 4.78 is 39.1. The minimum Gasteiger partial charge on any atom is -0.399 e. The zero-order valence-electron chi connectivity index (χ0n) is 11.2. The van der Waals surface area contributed by atoms with E-state index in [0.29, 0.717) is 16.9 Å². The lowest BCUT2D eigenvalue weighted by Crippen LogP contribution is -2.27. The number of aryl methyl sites for hydroxylation is 1. The maximum Gasteiger partial charge on any atom is 0.264 e.